The van der Waals surface area contributed by atoms with E-state index in [0.29, 0.717) is 16.5 Å². The van der Waals surface area contributed by atoms with E-state index in [0.717, 1.165) is 27.2 Å². The Morgan fingerprint density at radius 3 is 2.37 bits per heavy atom. The van der Waals surface area contributed by atoms with Crippen LogP contribution in [-0.2, 0) is 11.2 Å². The number of nitrogens with zero attached hydrogens (tertiary/aromatic N) is 2. The van der Waals surface area contributed by atoms with E-state index >= 15 is 0 Å². The van der Waals surface area contributed by atoms with Gasteiger partial charge in [0.1, 0.15) is 11.5 Å². The van der Waals surface area contributed by atoms with Gasteiger partial charge in [-0.2, -0.15) is 0 Å². The zero-order chi connectivity index (χ0) is 24.0. The highest BCUT2D eigenvalue weighted by atomic mass is 32.1. The quantitative estimate of drug-likeness (QED) is 0.256. The predicted octanol–water partition coefficient (Wildman–Crippen LogP) is 7.06. The van der Waals surface area contributed by atoms with Gasteiger partial charge in [0.25, 0.3) is 0 Å². The highest BCUT2D eigenvalue weighted by molar-refractivity contribution is 7.80. The van der Waals surface area contributed by atoms with Gasteiger partial charge in [0, 0.05) is 18.0 Å². The molecule has 0 atom stereocenters. The molecule has 35 heavy (non-hydrogen) atoms. The molecule has 0 radical (unpaired) electrons. The highest BCUT2D eigenvalue weighted by Gasteiger charge is 2.21. The van der Waals surface area contributed by atoms with E-state index in [1.54, 1.807) is 17.5 Å². The number of rotatable bonds is 6. The van der Waals surface area contributed by atoms with Gasteiger partial charge in [0.05, 0.1) is 22.3 Å². The minimum absolute atomic E-state index is 0.113. The van der Waals surface area contributed by atoms with Crippen molar-refractivity contribution in [3.8, 4) is 11.5 Å². The van der Waals surface area contributed by atoms with E-state index in [4.69, 9.17) is 17.0 Å². The Hall–Kier alpha value is -4.07. The maximum absolute atomic E-state index is 13.3. The summed E-state index contributed by atoms with van der Waals surface area (Å²) in [7, 11) is 0. The normalized spacial score (nSPS) is 10.6. The van der Waals surface area contributed by atoms with Crippen LogP contribution in [0.3, 0.4) is 0 Å². The fourth-order valence-corrected chi connectivity index (χ4v) is 4.77. The van der Waals surface area contributed by atoms with Crippen LogP contribution >= 0.6 is 23.6 Å². The molecule has 5 rings (SSSR count). The molecule has 0 saturated carbocycles. The van der Waals surface area contributed by atoms with Crippen molar-refractivity contribution in [1.29, 1.82) is 0 Å². The molecular formula is C28H21N3O2S2. The van der Waals surface area contributed by atoms with Gasteiger partial charge < -0.3 is 10.1 Å². The Labute approximate surface area is 212 Å². The van der Waals surface area contributed by atoms with Gasteiger partial charge in [-0.05, 0) is 65.6 Å². The zero-order valence-corrected chi connectivity index (χ0v) is 20.3. The first kappa shape index (κ1) is 22.7. The van der Waals surface area contributed by atoms with Crippen LogP contribution < -0.4 is 15.0 Å². The summed E-state index contributed by atoms with van der Waals surface area (Å²) in [6.45, 7) is 0. The molecule has 0 aliphatic carbocycles. The number of nitrogens with one attached hydrogen (secondary N) is 1. The summed E-state index contributed by atoms with van der Waals surface area (Å²) in [4.78, 5) is 19.1. The number of thiophene rings is 1. The number of fused-ring (bicyclic) bond motifs is 1. The Morgan fingerprint density at radius 1 is 0.914 bits per heavy atom. The lowest BCUT2D eigenvalue weighted by Gasteiger charge is -2.24. The summed E-state index contributed by atoms with van der Waals surface area (Å²) in [5, 5.41) is 5.50. The number of anilines is 2. The Morgan fingerprint density at radius 2 is 1.63 bits per heavy atom. The monoisotopic (exact) mass is 495 g/mol. The van der Waals surface area contributed by atoms with E-state index in [9.17, 15) is 4.79 Å². The van der Waals surface area contributed by atoms with E-state index in [1.807, 2.05) is 102 Å². The van der Waals surface area contributed by atoms with Crippen LogP contribution in [0, 0.1) is 0 Å². The summed E-state index contributed by atoms with van der Waals surface area (Å²) < 4.78 is 7.08. The average molecular weight is 496 g/mol. The molecule has 2 aromatic heterocycles. The van der Waals surface area contributed by atoms with E-state index in [1.165, 1.54) is 4.90 Å². The molecule has 172 valence electrons. The highest BCUT2D eigenvalue weighted by Crippen LogP contribution is 2.32. The largest absolute Gasteiger partial charge is 0.456 e. The number of carbonyl (C=O) groups excluding carboxylic acids is 1. The molecule has 0 aliphatic heterocycles. The van der Waals surface area contributed by atoms with Crippen LogP contribution in [0.1, 0.15) is 5.56 Å². The maximum Gasteiger partial charge on any atom is 0.237 e. The van der Waals surface area contributed by atoms with Crippen molar-refractivity contribution in [1.82, 2.24) is 4.98 Å². The van der Waals surface area contributed by atoms with Gasteiger partial charge in [0.2, 0.25) is 5.91 Å². The fourth-order valence-electron chi connectivity index (χ4n) is 3.64. The number of para-hydroxylation sites is 1. The topological polar surface area (TPSA) is 54.5 Å². The van der Waals surface area contributed by atoms with E-state index in [-0.39, 0.29) is 12.3 Å². The molecule has 7 heteroatoms. The van der Waals surface area contributed by atoms with Gasteiger partial charge in [-0.25, -0.2) is 0 Å². The van der Waals surface area contributed by atoms with Crippen molar-refractivity contribution in [2.45, 2.75) is 6.42 Å². The first-order valence-corrected chi connectivity index (χ1v) is 12.3. The third-order valence-electron chi connectivity index (χ3n) is 5.31. The molecule has 3 aromatic carbocycles. The third kappa shape index (κ3) is 5.37. The van der Waals surface area contributed by atoms with Crippen LogP contribution in [0.5, 0.6) is 11.5 Å². The lowest BCUT2D eigenvalue weighted by Crippen LogP contribution is -2.40. The second-order valence-electron chi connectivity index (χ2n) is 7.73. The number of aromatic nitrogens is 1. The molecule has 1 amide bonds. The van der Waals surface area contributed by atoms with Gasteiger partial charge >= 0.3 is 0 Å². The zero-order valence-electron chi connectivity index (χ0n) is 18.6. The van der Waals surface area contributed by atoms with Gasteiger partial charge in [-0.3, -0.25) is 14.7 Å². The minimum atomic E-state index is -0.113. The molecule has 0 unspecified atom stereocenters. The SMILES string of the molecule is O=C(Cc1ccccc1)N(C(=S)Nc1ccc(Oc2ccnc3ccsc23)cc1)c1ccccc1. The van der Waals surface area contributed by atoms with Gasteiger partial charge in [0.15, 0.2) is 5.11 Å². The number of hydrogen-bond acceptors (Lipinski definition) is 5. The van der Waals surface area contributed by atoms with Gasteiger partial charge in [-0.15, -0.1) is 11.3 Å². The molecule has 1 N–H and O–H groups in total. The summed E-state index contributed by atoms with van der Waals surface area (Å²) in [6.07, 6.45) is 1.98. The molecule has 0 fully saturated rings. The predicted molar refractivity (Wildman–Crippen MR) is 146 cm³/mol. The smallest absolute Gasteiger partial charge is 0.237 e. The molecular weight excluding hydrogens is 474 g/mol. The van der Waals surface area contributed by atoms with Crippen molar-refractivity contribution < 1.29 is 9.53 Å². The standard InChI is InChI=1S/C28H21N3O2S2/c32-26(19-20-7-3-1-4-8-20)31(22-9-5-2-6-10-22)28(34)30-21-11-13-23(14-12-21)33-25-15-17-29-24-16-18-35-27(24)25/h1-18H,19H2,(H,30,34). The third-order valence-corrected chi connectivity index (χ3v) is 6.51. The number of carbonyl (C=O) groups is 1. The minimum Gasteiger partial charge on any atom is -0.456 e. The molecule has 0 bridgehead atoms. The Kier molecular flexibility index (Phi) is 6.79. The second kappa shape index (κ2) is 10.5. The van der Waals surface area contributed by atoms with Crippen molar-refractivity contribution in [2.75, 3.05) is 10.2 Å². The Bertz CT molecular complexity index is 1450. The summed E-state index contributed by atoms with van der Waals surface area (Å²) >= 11 is 7.26. The van der Waals surface area contributed by atoms with Crippen LogP contribution in [0.2, 0.25) is 0 Å². The number of ether oxygens (including phenoxy) is 1. The van der Waals surface area contributed by atoms with Crippen LogP contribution in [0.25, 0.3) is 10.2 Å². The summed E-state index contributed by atoms with van der Waals surface area (Å²) in [5.41, 5.74) is 3.31. The lowest BCUT2D eigenvalue weighted by molar-refractivity contribution is -0.117. The van der Waals surface area contributed by atoms with Crippen LogP contribution in [0.4, 0.5) is 11.4 Å². The van der Waals surface area contributed by atoms with Crippen LogP contribution in [0.15, 0.2) is 109 Å². The first-order chi connectivity index (χ1) is 17.2. The molecule has 0 aliphatic rings. The lowest BCUT2D eigenvalue weighted by atomic mass is 10.1. The van der Waals surface area contributed by atoms with Crippen LogP contribution in [-0.4, -0.2) is 16.0 Å². The van der Waals surface area contributed by atoms with E-state index < -0.39 is 0 Å². The Balaban J connectivity index is 1.32. The maximum atomic E-state index is 13.3. The van der Waals surface area contributed by atoms with Gasteiger partial charge in [-0.1, -0.05) is 48.5 Å². The summed E-state index contributed by atoms with van der Waals surface area (Å²) in [5.74, 6) is 1.35. The molecule has 0 saturated heterocycles. The van der Waals surface area contributed by atoms with Crippen molar-refractivity contribution >= 4 is 56.2 Å². The molecule has 5 aromatic rings. The number of amides is 1. The van der Waals surface area contributed by atoms with Crippen molar-refractivity contribution in [3.63, 3.8) is 0 Å². The number of benzene rings is 3. The number of thiocarbonyl (C=S) groups is 1. The second-order valence-corrected chi connectivity index (χ2v) is 9.03. The average Bonchev–Trinajstić information content (AvgIpc) is 3.37. The van der Waals surface area contributed by atoms with E-state index in [2.05, 4.69) is 10.3 Å². The number of pyridine rings is 1. The number of hydrogen-bond donors (Lipinski definition) is 1. The van der Waals surface area contributed by atoms with Crippen molar-refractivity contribution in [3.05, 3.63) is 114 Å². The summed E-state index contributed by atoms with van der Waals surface area (Å²) in [6, 6.07) is 30.4. The molecule has 2 heterocycles. The van der Waals surface area contributed by atoms with Crippen molar-refractivity contribution in [2.24, 2.45) is 0 Å². The first-order valence-electron chi connectivity index (χ1n) is 11.0. The molecule has 0 spiro atoms. The molecule has 5 nitrogen and oxygen atoms in total. The fraction of sp³-hybridized carbons (Fsp3) is 0.0357.